The van der Waals surface area contributed by atoms with Crippen molar-refractivity contribution >= 4 is 5.91 Å². The van der Waals surface area contributed by atoms with Gasteiger partial charge in [0.1, 0.15) is 5.75 Å². The zero-order valence-electron chi connectivity index (χ0n) is 15.3. The molecule has 1 aromatic carbocycles. The van der Waals surface area contributed by atoms with Crippen LogP contribution in [0.25, 0.3) is 11.3 Å². The van der Waals surface area contributed by atoms with E-state index in [4.69, 9.17) is 9.84 Å². The van der Waals surface area contributed by atoms with E-state index in [9.17, 15) is 4.79 Å². The summed E-state index contributed by atoms with van der Waals surface area (Å²) in [5.74, 6) is 0.894. The summed E-state index contributed by atoms with van der Waals surface area (Å²) in [5.41, 5.74) is 3.70. The molecule has 0 spiro atoms. The fraction of sp³-hybridized carbons (Fsp3) is 0.286. The molecule has 1 amide bonds. The number of nitrogens with zero attached hydrogens (tertiary/aromatic N) is 4. The molecule has 0 saturated heterocycles. The number of hydrogen-bond donors (Lipinski definition) is 0. The predicted molar refractivity (Wildman–Crippen MR) is 102 cm³/mol. The summed E-state index contributed by atoms with van der Waals surface area (Å²) < 4.78 is 7.52. The van der Waals surface area contributed by atoms with Crippen LogP contribution in [0.15, 0.2) is 54.9 Å². The Kier molecular flexibility index (Phi) is 4.87. The number of pyridine rings is 1. The molecule has 0 fully saturated rings. The van der Waals surface area contributed by atoms with Gasteiger partial charge in [0.25, 0.3) is 5.91 Å². The third kappa shape index (κ3) is 3.69. The number of rotatable bonds is 4. The van der Waals surface area contributed by atoms with Crippen molar-refractivity contribution in [3.8, 4) is 17.0 Å². The number of amides is 1. The topological polar surface area (TPSA) is 60.2 Å². The monoisotopic (exact) mass is 362 g/mol. The summed E-state index contributed by atoms with van der Waals surface area (Å²) in [4.78, 5) is 18.7. The molecule has 0 bridgehead atoms. The van der Waals surface area contributed by atoms with Gasteiger partial charge in [-0.15, -0.1) is 0 Å². The second-order valence-corrected chi connectivity index (χ2v) is 6.52. The van der Waals surface area contributed by atoms with Gasteiger partial charge in [0.05, 0.1) is 24.5 Å². The van der Waals surface area contributed by atoms with E-state index in [-0.39, 0.29) is 5.91 Å². The summed E-state index contributed by atoms with van der Waals surface area (Å²) >= 11 is 0. The molecule has 0 atom stereocenters. The zero-order chi connectivity index (χ0) is 18.6. The fourth-order valence-corrected chi connectivity index (χ4v) is 3.34. The van der Waals surface area contributed by atoms with Gasteiger partial charge in [0, 0.05) is 36.6 Å². The number of aryl methyl sites for hydroxylation is 1. The molecule has 3 aromatic rings. The normalized spacial score (nSPS) is 13.7. The van der Waals surface area contributed by atoms with Crippen LogP contribution in [-0.4, -0.2) is 38.7 Å². The molecule has 27 heavy (non-hydrogen) atoms. The maximum atomic E-state index is 12.8. The molecule has 2 aromatic heterocycles. The first kappa shape index (κ1) is 17.3. The van der Waals surface area contributed by atoms with Gasteiger partial charge in [-0.2, -0.15) is 5.10 Å². The van der Waals surface area contributed by atoms with E-state index in [0.29, 0.717) is 18.7 Å². The van der Waals surface area contributed by atoms with Crippen LogP contribution in [-0.2, 0) is 13.1 Å². The lowest BCUT2D eigenvalue weighted by Gasteiger charge is -2.19. The Morgan fingerprint density at radius 3 is 2.63 bits per heavy atom. The lowest BCUT2D eigenvalue weighted by Crippen LogP contribution is -2.30. The van der Waals surface area contributed by atoms with Crippen LogP contribution in [0.1, 0.15) is 29.4 Å². The highest BCUT2D eigenvalue weighted by Crippen LogP contribution is 2.24. The Morgan fingerprint density at radius 1 is 1.11 bits per heavy atom. The average molecular weight is 362 g/mol. The van der Waals surface area contributed by atoms with Gasteiger partial charge >= 0.3 is 0 Å². The Bertz CT molecular complexity index is 919. The van der Waals surface area contributed by atoms with E-state index >= 15 is 0 Å². The third-order valence-corrected chi connectivity index (χ3v) is 4.69. The minimum atomic E-state index is 0.0367. The molecular weight excluding hydrogens is 340 g/mol. The van der Waals surface area contributed by atoms with E-state index < -0.39 is 0 Å². The Hall–Kier alpha value is -3.15. The SMILES string of the molecule is CCOc1ccc(-c2cc3n(n2)CCCN(C(=O)c2ccncc2)C3)cc1. The number of hydrogen-bond acceptors (Lipinski definition) is 4. The summed E-state index contributed by atoms with van der Waals surface area (Å²) in [6, 6.07) is 13.6. The highest BCUT2D eigenvalue weighted by atomic mass is 16.5. The number of benzene rings is 1. The number of fused-ring (bicyclic) bond motifs is 1. The summed E-state index contributed by atoms with van der Waals surface area (Å²) in [6.45, 7) is 4.72. The third-order valence-electron chi connectivity index (χ3n) is 4.69. The zero-order valence-corrected chi connectivity index (χ0v) is 15.3. The first-order valence-corrected chi connectivity index (χ1v) is 9.24. The Balaban J connectivity index is 1.56. The van der Waals surface area contributed by atoms with Gasteiger partial charge in [-0.1, -0.05) is 0 Å². The molecule has 1 aliphatic heterocycles. The molecule has 6 heteroatoms. The van der Waals surface area contributed by atoms with Crippen LogP contribution in [0.5, 0.6) is 5.75 Å². The minimum absolute atomic E-state index is 0.0367. The summed E-state index contributed by atoms with van der Waals surface area (Å²) in [6.07, 6.45) is 4.19. The maximum Gasteiger partial charge on any atom is 0.254 e. The van der Waals surface area contributed by atoms with E-state index in [0.717, 1.165) is 42.2 Å². The Morgan fingerprint density at radius 2 is 1.89 bits per heavy atom. The van der Waals surface area contributed by atoms with Gasteiger partial charge in [0.15, 0.2) is 0 Å². The molecule has 0 unspecified atom stereocenters. The van der Waals surface area contributed by atoms with Crippen molar-refractivity contribution < 1.29 is 9.53 Å². The molecule has 0 N–H and O–H groups in total. The van der Waals surface area contributed by atoms with Crippen molar-refractivity contribution in [2.75, 3.05) is 13.2 Å². The van der Waals surface area contributed by atoms with Crippen LogP contribution >= 0.6 is 0 Å². The van der Waals surface area contributed by atoms with Gasteiger partial charge in [-0.05, 0) is 55.8 Å². The van der Waals surface area contributed by atoms with Crippen LogP contribution in [0.3, 0.4) is 0 Å². The van der Waals surface area contributed by atoms with Crippen LogP contribution < -0.4 is 4.74 Å². The Labute approximate surface area is 158 Å². The molecule has 0 radical (unpaired) electrons. The average Bonchev–Trinajstić information content (AvgIpc) is 3.00. The van der Waals surface area contributed by atoms with E-state index in [1.54, 1.807) is 24.5 Å². The molecule has 4 rings (SSSR count). The second kappa shape index (κ2) is 7.61. The van der Waals surface area contributed by atoms with Crippen molar-refractivity contribution in [2.45, 2.75) is 26.4 Å². The largest absolute Gasteiger partial charge is 0.494 e. The maximum absolute atomic E-state index is 12.8. The van der Waals surface area contributed by atoms with Crippen molar-refractivity contribution in [3.63, 3.8) is 0 Å². The number of ether oxygens (including phenoxy) is 1. The van der Waals surface area contributed by atoms with Gasteiger partial charge in [-0.3, -0.25) is 14.5 Å². The first-order chi connectivity index (χ1) is 13.2. The van der Waals surface area contributed by atoms with Crippen LogP contribution in [0.4, 0.5) is 0 Å². The molecule has 0 saturated carbocycles. The lowest BCUT2D eigenvalue weighted by molar-refractivity contribution is 0.0745. The van der Waals surface area contributed by atoms with Gasteiger partial charge < -0.3 is 9.64 Å². The molecule has 1 aliphatic rings. The number of carbonyl (C=O) groups excluding carboxylic acids is 1. The van der Waals surface area contributed by atoms with Crippen LogP contribution in [0, 0.1) is 0 Å². The molecule has 6 nitrogen and oxygen atoms in total. The lowest BCUT2D eigenvalue weighted by atomic mass is 10.1. The first-order valence-electron chi connectivity index (χ1n) is 9.24. The minimum Gasteiger partial charge on any atom is -0.494 e. The van der Waals surface area contributed by atoms with Crippen molar-refractivity contribution in [3.05, 3.63) is 66.1 Å². The van der Waals surface area contributed by atoms with E-state index in [1.165, 1.54) is 0 Å². The van der Waals surface area contributed by atoms with Crippen molar-refractivity contribution in [1.82, 2.24) is 19.7 Å². The van der Waals surface area contributed by atoms with E-state index in [1.807, 2.05) is 40.8 Å². The number of aromatic nitrogens is 3. The second-order valence-electron chi connectivity index (χ2n) is 6.52. The molecule has 0 aliphatic carbocycles. The highest BCUT2D eigenvalue weighted by molar-refractivity contribution is 5.94. The van der Waals surface area contributed by atoms with Crippen LogP contribution in [0.2, 0.25) is 0 Å². The van der Waals surface area contributed by atoms with Gasteiger partial charge in [-0.25, -0.2) is 0 Å². The highest BCUT2D eigenvalue weighted by Gasteiger charge is 2.22. The van der Waals surface area contributed by atoms with Crippen molar-refractivity contribution in [1.29, 1.82) is 0 Å². The standard InChI is InChI=1S/C21H22N4O2/c1-2-27-19-6-4-16(5-7-19)20-14-18-15-24(12-3-13-25(18)23-20)21(26)17-8-10-22-11-9-17/h4-11,14H,2-3,12-13,15H2,1H3. The molecule has 3 heterocycles. The molecular formula is C21H22N4O2. The summed E-state index contributed by atoms with van der Waals surface area (Å²) in [7, 11) is 0. The predicted octanol–water partition coefficient (Wildman–Crippen LogP) is 3.39. The fourth-order valence-electron chi connectivity index (χ4n) is 3.34. The summed E-state index contributed by atoms with van der Waals surface area (Å²) in [5, 5.41) is 4.75. The van der Waals surface area contributed by atoms with E-state index in [2.05, 4.69) is 11.1 Å². The van der Waals surface area contributed by atoms with Crippen molar-refractivity contribution in [2.24, 2.45) is 0 Å². The van der Waals surface area contributed by atoms with Gasteiger partial charge in [0.2, 0.25) is 0 Å². The molecule has 138 valence electrons. The smallest absolute Gasteiger partial charge is 0.254 e. The quantitative estimate of drug-likeness (QED) is 0.714. The number of carbonyl (C=O) groups is 1.